The summed E-state index contributed by atoms with van der Waals surface area (Å²) in [5.74, 6) is 0.571. The lowest BCUT2D eigenvalue weighted by molar-refractivity contribution is 0.413. The van der Waals surface area contributed by atoms with Crippen molar-refractivity contribution in [3.05, 3.63) is 71.3 Å². The average molecular weight is 401 g/mol. The number of aromatic nitrogens is 2. The lowest BCUT2D eigenvalue weighted by atomic mass is 10.1. The Hall–Kier alpha value is -2.54. The highest BCUT2D eigenvalue weighted by atomic mass is 32.2. The third kappa shape index (κ3) is 3.85. The summed E-state index contributed by atoms with van der Waals surface area (Å²) in [7, 11) is 1.63. The quantitative estimate of drug-likeness (QED) is 0.648. The fraction of sp³-hybridized carbons (Fsp3) is 0.286. The molecule has 7 heteroatoms. The molecule has 2 aromatic carbocycles. The van der Waals surface area contributed by atoms with Crippen molar-refractivity contribution < 1.29 is 13.5 Å². The van der Waals surface area contributed by atoms with Gasteiger partial charge in [0, 0.05) is 28.3 Å². The third-order valence-corrected chi connectivity index (χ3v) is 6.22. The van der Waals surface area contributed by atoms with E-state index in [9.17, 15) is 8.78 Å². The minimum absolute atomic E-state index is 0.111. The van der Waals surface area contributed by atoms with Gasteiger partial charge in [-0.1, -0.05) is 6.07 Å². The summed E-state index contributed by atoms with van der Waals surface area (Å²) in [6, 6.07) is 9.78. The van der Waals surface area contributed by atoms with Gasteiger partial charge in [0.15, 0.2) is 0 Å². The van der Waals surface area contributed by atoms with Gasteiger partial charge in [0.05, 0.1) is 31.2 Å². The van der Waals surface area contributed by atoms with E-state index < -0.39 is 11.6 Å². The van der Waals surface area contributed by atoms with Gasteiger partial charge in [-0.25, -0.2) is 13.8 Å². The molecular formula is C21H21F2N3OS. The number of thioether (sulfide) groups is 1. The maximum absolute atomic E-state index is 14.4. The number of methoxy groups -OCH3 is 1. The van der Waals surface area contributed by atoms with Gasteiger partial charge in [-0.15, -0.1) is 11.8 Å². The van der Waals surface area contributed by atoms with Crippen LogP contribution >= 0.6 is 11.8 Å². The number of nitrogens with one attached hydrogen (secondary N) is 1. The minimum atomic E-state index is -0.557. The van der Waals surface area contributed by atoms with E-state index in [4.69, 9.17) is 4.74 Å². The molecule has 4 nitrogen and oxygen atoms in total. The van der Waals surface area contributed by atoms with Crippen molar-refractivity contribution in [3.63, 3.8) is 0 Å². The highest BCUT2D eigenvalue weighted by Gasteiger charge is 2.26. The van der Waals surface area contributed by atoms with Gasteiger partial charge in [-0.3, -0.25) is 0 Å². The number of anilines is 1. The molecule has 0 saturated heterocycles. The predicted molar refractivity (Wildman–Crippen MR) is 107 cm³/mol. The number of fused-ring (bicyclic) bond motifs is 1. The van der Waals surface area contributed by atoms with Gasteiger partial charge in [-0.2, -0.15) is 0 Å². The van der Waals surface area contributed by atoms with E-state index in [2.05, 4.69) is 14.9 Å². The largest absolute Gasteiger partial charge is 0.497 e. The van der Waals surface area contributed by atoms with Crippen molar-refractivity contribution in [1.29, 1.82) is 0 Å². The van der Waals surface area contributed by atoms with Gasteiger partial charge in [0.25, 0.3) is 0 Å². The highest BCUT2D eigenvalue weighted by Crippen LogP contribution is 2.47. The lowest BCUT2D eigenvalue weighted by Crippen LogP contribution is -2.24. The molecule has 1 aromatic heterocycles. The monoisotopic (exact) mass is 401 g/mol. The van der Waals surface area contributed by atoms with Crippen molar-refractivity contribution in [1.82, 2.24) is 9.97 Å². The molecule has 1 atom stereocenters. The van der Waals surface area contributed by atoms with Crippen LogP contribution in [0.2, 0.25) is 0 Å². The molecule has 2 heterocycles. The fourth-order valence-corrected chi connectivity index (χ4v) is 4.84. The number of rotatable bonds is 4. The van der Waals surface area contributed by atoms with Gasteiger partial charge < -0.3 is 14.6 Å². The summed E-state index contributed by atoms with van der Waals surface area (Å²) in [6.45, 7) is 3.35. The number of aryl methyl sites for hydroxylation is 1. The zero-order valence-corrected chi connectivity index (χ0v) is 16.5. The number of ether oxygens (including phenoxy) is 1. The molecule has 28 heavy (non-hydrogen) atoms. The lowest BCUT2D eigenvalue weighted by Gasteiger charge is -2.24. The molecule has 0 amide bonds. The number of imidazole rings is 1. The van der Waals surface area contributed by atoms with Crippen LogP contribution in [-0.4, -0.2) is 23.6 Å². The molecule has 0 spiro atoms. The molecule has 4 rings (SSSR count). The second-order valence-corrected chi connectivity index (χ2v) is 8.05. The first-order chi connectivity index (χ1) is 13.5. The molecule has 1 aliphatic rings. The van der Waals surface area contributed by atoms with E-state index in [-0.39, 0.29) is 5.25 Å². The van der Waals surface area contributed by atoms with Crippen molar-refractivity contribution in [2.24, 2.45) is 0 Å². The smallest absolute Gasteiger partial charge is 0.130 e. The Kier molecular flexibility index (Phi) is 5.26. The minimum Gasteiger partial charge on any atom is -0.497 e. The Labute approximate surface area is 166 Å². The summed E-state index contributed by atoms with van der Waals surface area (Å²) in [5.41, 5.74) is 2.62. The molecule has 0 radical (unpaired) electrons. The first kappa shape index (κ1) is 18.8. The Morgan fingerprint density at radius 1 is 1.25 bits per heavy atom. The number of nitrogens with zero attached hydrogens (tertiary/aromatic N) is 2. The summed E-state index contributed by atoms with van der Waals surface area (Å²) in [6.07, 6.45) is 2.57. The molecule has 0 aliphatic carbocycles. The first-order valence-corrected chi connectivity index (χ1v) is 9.96. The van der Waals surface area contributed by atoms with Crippen molar-refractivity contribution in [2.45, 2.75) is 30.0 Å². The number of halogens is 2. The number of hydrogen-bond donors (Lipinski definition) is 1. The standard InChI is InChI=1S/C21H21F2N3OS/c1-13-24-11-15(25-13)12-26-8-7-20(17-5-3-14(22)9-18(17)23)28-21-10-16(27-2)4-6-19(21)26/h3-6,9-11,20H,7-8,12H2,1-2H3,(H,24,25). The normalized spacial score (nSPS) is 16.6. The van der Waals surface area contributed by atoms with Crippen molar-refractivity contribution in [3.8, 4) is 5.75 Å². The first-order valence-electron chi connectivity index (χ1n) is 9.08. The second-order valence-electron chi connectivity index (χ2n) is 6.81. The number of H-pyrrole nitrogens is 1. The topological polar surface area (TPSA) is 41.1 Å². The highest BCUT2D eigenvalue weighted by molar-refractivity contribution is 7.99. The molecule has 3 aromatic rings. The summed E-state index contributed by atoms with van der Waals surface area (Å²) < 4.78 is 33.2. The Morgan fingerprint density at radius 3 is 2.82 bits per heavy atom. The van der Waals surface area contributed by atoms with E-state index in [1.807, 2.05) is 31.3 Å². The van der Waals surface area contributed by atoms with Gasteiger partial charge in [0.2, 0.25) is 0 Å². The van der Waals surface area contributed by atoms with Crippen LogP contribution in [0.4, 0.5) is 14.5 Å². The number of benzene rings is 2. The van der Waals surface area contributed by atoms with Crippen molar-refractivity contribution in [2.75, 3.05) is 18.6 Å². The molecule has 146 valence electrons. The van der Waals surface area contributed by atoms with Crippen LogP contribution in [0.25, 0.3) is 0 Å². The Bertz CT molecular complexity index is 992. The fourth-order valence-electron chi connectivity index (χ4n) is 3.49. The third-order valence-electron chi connectivity index (χ3n) is 4.86. The molecule has 1 unspecified atom stereocenters. The van der Waals surface area contributed by atoms with Crippen LogP contribution in [0.5, 0.6) is 5.75 Å². The molecular weight excluding hydrogens is 380 g/mol. The molecule has 0 saturated carbocycles. The van der Waals surface area contributed by atoms with E-state index in [0.29, 0.717) is 12.1 Å². The van der Waals surface area contributed by atoms with Crippen LogP contribution < -0.4 is 9.64 Å². The SMILES string of the molecule is COc1ccc2c(c1)SC(c1ccc(F)cc1F)CCN2Cc1cnc(C)[nH]1. The number of aromatic amines is 1. The van der Waals surface area contributed by atoms with E-state index in [1.165, 1.54) is 6.07 Å². The summed E-state index contributed by atoms with van der Waals surface area (Å²) in [5, 5.41) is -0.111. The zero-order valence-electron chi connectivity index (χ0n) is 15.7. The van der Waals surface area contributed by atoms with Gasteiger partial charge in [0.1, 0.15) is 23.2 Å². The molecule has 1 aliphatic heterocycles. The van der Waals surface area contributed by atoms with Crippen LogP contribution in [0.15, 0.2) is 47.5 Å². The summed E-state index contributed by atoms with van der Waals surface area (Å²) >= 11 is 1.59. The number of hydrogen-bond acceptors (Lipinski definition) is 4. The Morgan fingerprint density at radius 2 is 2.11 bits per heavy atom. The van der Waals surface area contributed by atoms with Crippen LogP contribution in [0, 0.1) is 18.6 Å². The predicted octanol–water partition coefficient (Wildman–Crippen LogP) is 5.25. The maximum Gasteiger partial charge on any atom is 0.130 e. The van der Waals surface area contributed by atoms with Crippen LogP contribution in [0.1, 0.15) is 28.8 Å². The maximum atomic E-state index is 14.4. The average Bonchev–Trinajstić information content (AvgIpc) is 3.00. The van der Waals surface area contributed by atoms with E-state index in [0.717, 1.165) is 46.9 Å². The molecule has 0 fully saturated rings. The molecule has 1 N–H and O–H groups in total. The molecule has 0 bridgehead atoms. The Balaban J connectivity index is 1.69. The summed E-state index contributed by atoms with van der Waals surface area (Å²) in [4.78, 5) is 10.8. The van der Waals surface area contributed by atoms with E-state index >= 15 is 0 Å². The van der Waals surface area contributed by atoms with Gasteiger partial charge in [-0.05, 0) is 37.6 Å². The van der Waals surface area contributed by atoms with Crippen LogP contribution in [-0.2, 0) is 6.54 Å². The van der Waals surface area contributed by atoms with E-state index in [1.54, 1.807) is 24.9 Å². The second kappa shape index (κ2) is 7.83. The van der Waals surface area contributed by atoms with Crippen LogP contribution in [0.3, 0.4) is 0 Å². The van der Waals surface area contributed by atoms with Gasteiger partial charge >= 0.3 is 0 Å². The zero-order chi connectivity index (χ0) is 19.7. The van der Waals surface area contributed by atoms with Crippen molar-refractivity contribution >= 4 is 17.4 Å².